The van der Waals surface area contributed by atoms with Crippen LogP contribution in [0.1, 0.15) is 34.4 Å². The maximum absolute atomic E-state index is 13.0. The van der Waals surface area contributed by atoms with Gasteiger partial charge in [-0.1, -0.05) is 30.3 Å². The summed E-state index contributed by atoms with van der Waals surface area (Å²) in [6, 6.07) is 15.9. The fraction of sp³-hybridized carbons (Fsp3) is 0.231. The zero-order chi connectivity index (χ0) is 25.3. The van der Waals surface area contributed by atoms with Crippen molar-refractivity contribution in [2.75, 3.05) is 5.32 Å². The van der Waals surface area contributed by atoms with Crippen molar-refractivity contribution in [1.29, 1.82) is 0 Å². The minimum absolute atomic E-state index is 0.137. The summed E-state index contributed by atoms with van der Waals surface area (Å²) in [5, 5.41) is 2.62. The number of carbonyl (C=O) groups is 2. The van der Waals surface area contributed by atoms with Gasteiger partial charge < -0.3 is 15.0 Å². The van der Waals surface area contributed by atoms with Gasteiger partial charge in [-0.3, -0.25) is 14.3 Å². The van der Waals surface area contributed by atoms with Crippen molar-refractivity contribution in [3.63, 3.8) is 0 Å². The number of nitrogens with one attached hydrogen (secondary N) is 2. The van der Waals surface area contributed by atoms with Crippen LogP contribution in [0.4, 0.5) is 5.69 Å². The lowest BCUT2D eigenvalue weighted by Crippen LogP contribution is -2.32. The van der Waals surface area contributed by atoms with Crippen molar-refractivity contribution in [3.05, 3.63) is 87.6 Å². The Labute approximate surface area is 202 Å². The van der Waals surface area contributed by atoms with E-state index in [0.717, 1.165) is 17.0 Å². The molecule has 0 aliphatic heterocycles. The van der Waals surface area contributed by atoms with Crippen LogP contribution in [0.5, 0.6) is 0 Å². The number of H-pyrrole nitrogens is 1. The fourth-order valence-electron chi connectivity index (χ4n) is 3.67. The molecule has 1 amide bonds. The number of rotatable bonds is 6. The van der Waals surface area contributed by atoms with Crippen LogP contribution >= 0.6 is 0 Å². The van der Waals surface area contributed by atoms with Crippen molar-refractivity contribution in [1.82, 2.24) is 19.3 Å². The van der Waals surface area contributed by atoms with Crippen LogP contribution in [0.2, 0.25) is 0 Å². The second-order valence-corrected chi connectivity index (χ2v) is 8.35. The highest BCUT2D eigenvalue weighted by Crippen LogP contribution is 2.19. The molecule has 2 aromatic heterocycles. The first kappa shape index (κ1) is 23.7. The van der Waals surface area contributed by atoms with E-state index in [1.807, 2.05) is 32.0 Å². The molecule has 4 rings (SSSR count). The number of aromatic nitrogens is 4. The number of anilines is 1. The molecule has 0 aliphatic carbocycles. The van der Waals surface area contributed by atoms with Gasteiger partial charge in [-0.2, -0.15) is 0 Å². The normalized spacial score (nSPS) is 11.8. The predicted octanol–water partition coefficient (Wildman–Crippen LogP) is 3.68. The highest BCUT2D eigenvalue weighted by molar-refractivity contribution is 5.97. The SMILES string of the molecule is Cc1nc(-c2ccc(C(=O)OC(C)C(=O)Nc3c(C)n(C)n(-c4ccccc4)c3=O)cc2)[nH]c1C. The van der Waals surface area contributed by atoms with E-state index in [0.29, 0.717) is 22.8 Å². The maximum atomic E-state index is 13.0. The van der Waals surface area contributed by atoms with Gasteiger partial charge >= 0.3 is 5.97 Å². The van der Waals surface area contributed by atoms with E-state index in [-0.39, 0.29) is 11.2 Å². The molecule has 35 heavy (non-hydrogen) atoms. The molecule has 2 heterocycles. The first-order chi connectivity index (χ1) is 16.7. The third kappa shape index (κ3) is 4.65. The van der Waals surface area contributed by atoms with Crippen LogP contribution in [0.25, 0.3) is 17.1 Å². The number of carbonyl (C=O) groups excluding carboxylic acids is 2. The minimum Gasteiger partial charge on any atom is -0.449 e. The molecule has 2 N–H and O–H groups in total. The molecule has 0 saturated heterocycles. The number of benzene rings is 2. The second-order valence-electron chi connectivity index (χ2n) is 8.35. The third-order valence-electron chi connectivity index (χ3n) is 5.98. The van der Waals surface area contributed by atoms with Crippen molar-refractivity contribution in [2.45, 2.75) is 33.8 Å². The summed E-state index contributed by atoms with van der Waals surface area (Å²) in [7, 11) is 1.73. The summed E-state index contributed by atoms with van der Waals surface area (Å²) in [6.45, 7) is 7.06. The van der Waals surface area contributed by atoms with E-state index in [1.165, 1.54) is 11.6 Å². The molecule has 0 aliphatic rings. The van der Waals surface area contributed by atoms with Crippen LogP contribution in [0.3, 0.4) is 0 Å². The van der Waals surface area contributed by atoms with E-state index < -0.39 is 18.0 Å². The molecule has 1 unspecified atom stereocenters. The Morgan fingerprint density at radius 3 is 2.29 bits per heavy atom. The third-order valence-corrected chi connectivity index (χ3v) is 5.98. The van der Waals surface area contributed by atoms with Crippen molar-refractivity contribution in [2.24, 2.45) is 7.05 Å². The van der Waals surface area contributed by atoms with Gasteiger partial charge in [-0.25, -0.2) is 14.5 Å². The number of nitrogens with zero attached hydrogens (tertiary/aromatic N) is 3. The molecule has 180 valence electrons. The van der Waals surface area contributed by atoms with E-state index in [2.05, 4.69) is 15.3 Å². The Balaban J connectivity index is 1.45. The number of aromatic amines is 1. The number of hydrogen-bond acceptors (Lipinski definition) is 5. The van der Waals surface area contributed by atoms with Crippen LogP contribution < -0.4 is 10.9 Å². The molecule has 0 bridgehead atoms. The summed E-state index contributed by atoms with van der Waals surface area (Å²) in [4.78, 5) is 46.0. The number of aryl methyl sites for hydroxylation is 2. The maximum Gasteiger partial charge on any atom is 0.338 e. The number of ether oxygens (including phenoxy) is 1. The van der Waals surface area contributed by atoms with E-state index in [4.69, 9.17) is 4.74 Å². The number of para-hydroxylation sites is 1. The number of amides is 1. The lowest BCUT2D eigenvalue weighted by atomic mass is 10.1. The van der Waals surface area contributed by atoms with Gasteiger partial charge in [-0.15, -0.1) is 0 Å². The molecular weight excluding hydrogens is 446 g/mol. The summed E-state index contributed by atoms with van der Waals surface area (Å²) < 4.78 is 8.47. The molecule has 2 aromatic carbocycles. The molecule has 0 fully saturated rings. The lowest BCUT2D eigenvalue weighted by Gasteiger charge is -2.13. The van der Waals surface area contributed by atoms with Crippen molar-refractivity contribution >= 4 is 17.6 Å². The molecule has 9 heteroatoms. The topological polar surface area (TPSA) is 111 Å². The summed E-state index contributed by atoms with van der Waals surface area (Å²) in [5.74, 6) is -0.521. The molecule has 0 spiro atoms. The average molecular weight is 474 g/mol. The fourth-order valence-corrected chi connectivity index (χ4v) is 3.67. The number of esters is 1. The first-order valence-electron chi connectivity index (χ1n) is 11.2. The van der Waals surface area contributed by atoms with Gasteiger partial charge in [-0.05, 0) is 52.0 Å². The van der Waals surface area contributed by atoms with Gasteiger partial charge in [0.25, 0.3) is 11.5 Å². The Kier molecular flexibility index (Phi) is 6.42. The van der Waals surface area contributed by atoms with Crippen molar-refractivity contribution < 1.29 is 14.3 Å². The Morgan fingerprint density at radius 2 is 1.69 bits per heavy atom. The first-order valence-corrected chi connectivity index (χ1v) is 11.2. The Morgan fingerprint density at radius 1 is 1.03 bits per heavy atom. The number of hydrogen-bond donors (Lipinski definition) is 2. The predicted molar refractivity (Wildman–Crippen MR) is 133 cm³/mol. The second kappa shape index (κ2) is 9.46. The highest BCUT2D eigenvalue weighted by Gasteiger charge is 2.23. The van der Waals surface area contributed by atoms with Gasteiger partial charge in [0, 0.05) is 18.3 Å². The van der Waals surface area contributed by atoms with Crippen LogP contribution in [-0.4, -0.2) is 37.3 Å². The monoisotopic (exact) mass is 473 g/mol. The highest BCUT2D eigenvalue weighted by atomic mass is 16.5. The lowest BCUT2D eigenvalue weighted by molar-refractivity contribution is -0.123. The smallest absolute Gasteiger partial charge is 0.338 e. The van der Waals surface area contributed by atoms with Gasteiger partial charge in [0.2, 0.25) is 0 Å². The summed E-state index contributed by atoms with van der Waals surface area (Å²) in [5.41, 5.74) is 4.03. The quantitative estimate of drug-likeness (QED) is 0.415. The molecule has 1 atom stereocenters. The molecule has 0 saturated carbocycles. The molecule has 0 radical (unpaired) electrons. The van der Waals surface area contributed by atoms with E-state index >= 15 is 0 Å². The Bertz CT molecular complexity index is 1430. The summed E-state index contributed by atoms with van der Waals surface area (Å²) in [6.07, 6.45) is -1.11. The zero-order valence-corrected chi connectivity index (χ0v) is 20.2. The Hall–Kier alpha value is -4.40. The van der Waals surface area contributed by atoms with Crippen molar-refractivity contribution in [3.8, 4) is 17.1 Å². The van der Waals surface area contributed by atoms with Crippen LogP contribution in [0.15, 0.2) is 59.4 Å². The molecule has 4 aromatic rings. The van der Waals surface area contributed by atoms with E-state index in [9.17, 15) is 14.4 Å². The number of imidazole rings is 1. The largest absolute Gasteiger partial charge is 0.449 e. The van der Waals surface area contributed by atoms with Gasteiger partial charge in [0.15, 0.2) is 6.10 Å². The van der Waals surface area contributed by atoms with E-state index in [1.54, 1.807) is 55.1 Å². The zero-order valence-electron chi connectivity index (χ0n) is 20.2. The summed E-state index contributed by atoms with van der Waals surface area (Å²) >= 11 is 0. The standard InChI is InChI=1S/C26H27N5O4/c1-15-16(2)28-23(27-15)19-11-13-20(14-12-19)26(34)35-18(4)24(32)29-22-17(3)30(5)31(25(22)33)21-9-7-6-8-10-21/h6-14,18H,1-5H3,(H,27,28)(H,29,32). The molecule has 9 nitrogen and oxygen atoms in total. The van der Waals surface area contributed by atoms with Crippen LogP contribution in [-0.2, 0) is 16.6 Å². The minimum atomic E-state index is -1.11. The van der Waals surface area contributed by atoms with Crippen LogP contribution in [0, 0.1) is 20.8 Å². The molecular formula is C26H27N5O4. The van der Waals surface area contributed by atoms with Gasteiger partial charge in [0.05, 0.1) is 22.6 Å². The average Bonchev–Trinajstić information content (AvgIpc) is 3.30. The van der Waals surface area contributed by atoms with Gasteiger partial charge in [0.1, 0.15) is 11.5 Å².